The normalized spacial score (nSPS) is 11.7. The predicted molar refractivity (Wildman–Crippen MR) is 154 cm³/mol. The van der Waals surface area contributed by atoms with Crippen molar-refractivity contribution in [2.24, 2.45) is 25.4 Å². The first-order valence-corrected chi connectivity index (χ1v) is 12.5. The van der Waals surface area contributed by atoms with Gasteiger partial charge in [-0.25, -0.2) is 0 Å². The Morgan fingerprint density at radius 3 is 1.76 bits per heavy atom. The van der Waals surface area contributed by atoms with E-state index in [1.54, 1.807) is 0 Å². The Hall–Kier alpha value is -4.45. The molecule has 4 aromatic rings. The molecule has 4 rings (SSSR count). The Bertz CT molecular complexity index is 1380. The first-order chi connectivity index (χ1) is 18.0. The summed E-state index contributed by atoms with van der Waals surface area (Å²) in [4.78, 5) is 6.81. The minimum absolute atomic E-state index is 0.779. The molecule has 0 saturated heterocycles. The molecule has 0 aliphatic rings. The van der Waals surface area contributed by atoms with Gasteiger partial charge in [-0.1, -0.05) is 29.8 Å². The number of azo groups is 2. The smallest absolute Gasteiger partial charge is 0.0887 e. The van der Waals surface area contributed by atoms with Gasteiger partial charge in [0.1, 0.15) is 0 Å². The Labute approximate surface area is 219 Å². The highest BCUT2D eigenvalue weighted by atomic mass is 15.1. The SMILES string of the molecule is CCN(CC)c1ccc(N=Nc2ccc(N=Nc3ccc(C=Nc4ccc(C)cc4)cc3)c(C)c2)cc1. The molecule has 0 aliphatic carbocycles. The molecule has 37 heavy (non-hydrogen) atoms. The first-order valence-electron chi connectivity index (χ1n) is 12.5. The van der Waals surface area contributed by atoms with Crippen molar-refractivity contribution in [1.29, 1.82) is 0 Å². The van der Waals surface area contributed by atoms with Gasteiger partial charge in [0.2, 0.25) is 0 Å². The van der Waals surface area contributed by atoms with Gasteiger partial charge in [0.05, 0.1) is 28.4 Å². The molecular weight excluding hydrogens is 456 g/mol. The molecule has 0 aliphatic heterocycles. The summed E-state index contributed by atoms with van der Waals surface area (Å²) in [5.41, 5.74) is 8.52. The maximum Gasteiger partial charge on any atom is 0.0887 e. The lowest BCUT2D eigenvalue weighted by Crippen LogP contribution is -2.21. The summed E-state index contributed by atoms with van der Waals surface area (Å²) >= 11 is 0. The fourth-order valence-electron chi connectivity index (χ4n) is 3.77. The quantitative estimate of drug-likeness (QED) is 0.171. The molecule has 0 heterocycles. The van der Waals surface area contributed by atoms with Gasteiger partial charge in [-0.05, 0) is 106 Å². The molecule has 0 amide bonds. The third-order valence-electron chi connectivity index (χ3n) is 6.00. The van der Waals surface area contributed by atoms with E-state index in [0.717, 1.165) is 52.7 Å². The molecule has 0 saturated carbocycles. The highest BCUT2D eigenvalue weighted by molar-refractivity contribution is 5.82. The number of aliphatic imine (C=N–C) groups is 1. The van der Waals surface area contributed by atoms with Gasteiger partial charge >= 0.3 is 0 Å². The van der Waals surface area contributed by atoms with E-state index >= 15 is 0 Å². The van der Waals surface area contributed by atoms with Crippen LogP contribution in [0.3, 0.4) is 0 Å². The van der Waals surface area contributed by atoms with Crippen LogP contribution in [0.25, 0.3) is 0 Å². The van der Waals surface area contributed by atoms with Crippen molar-refractivity contribution in [3.05, 3.63) is 108 Å². The van der Waals surface area contributed by atoms with Crippen molar-refractivity contribution in [1.82, 2.24) is 0 Å². The maximum absolute atomic E-state index is 4.52. The standard InChI is InChI=1S/C31H32N6/c1-5-37(6-2)30-18-15-28(16-19-30)33-35-29-17-20-31(24(4)21-29)36-34-27-13-9-25(10-14-27)22-32-26-11-7-23(3)8-12-26/h7-22H,5-6H2,1-4H3. The molecule has 0 fully saturated rings. The van der Waals surface area contributed by atoms with Crippen molar-refractivity contribution in [3.63, 3.8) is 0 Å². The van der Waals surface area contributed by atoms with E-state index in [4.69, 9.17) is 0 Å². The molecule has 4 aromatic carbocycles. The predicted octanol–water partition coefficient (Wildman–Crippen LogP) is 9.73. The number of hydrogen-bond donors (Lipinski definition) is 0. The number of benzene rings is 4. The van der Waals surface area contributed by atoms with E-state index < -0.39 is 0 Å². The Morgan fingerprint density at radius 1 is 0.595 bits per heavy atom. The topological polar surface area (TPSA) is 65.0 Å². The van der Waals surface area contributed by atoms with Crippen molar-refractivity contribution >= 4 is 40.3 Å². The van der Waals surface area contributed by atoms with Gasteiger partial charge in [-0.2, -0.15) is 20.5 Å². The molecule has 6 nitrogen and oxygen atoms in total. The van der Waals surface area contributed by atoms with E-state index in [2.05, 4.69) is 75.4 Å². The largest absolute Gasteiger partial charge is 0.372 e. The average molecular weight is 489 g/mol. The minimum Gasteiger partial charge on any atom is -0.372 e. The van der Waals surface area contributed by atoms with Crippen molar-refractivity contribution in [3.8, 4) is 0 Å². The third kappa shape index (κ3) is 7.27. The number of hydrogen-bond acceptors (Lipinski definition) is 6. The monoisotopic (exact) mass is 488 g/mol. The zero-order chi connectivity index (χ0) is 26.0. The molecule has 0 radical (unpaired) electrons. The molecule has 0 aromatic heterocycles. The molecule has 186 valence electrons. The van der Waals surface area contributed by atoms with Crippen LogP contribution in [-0.2, 0) is 0 Å². The minimum atomic E-state index is 0.779. The van der Waals surface area contributed by atoms with E-state index in [0.29, 0.717) is 0 Å². The van der Waals surface area contributed by atoms with Gasteiger partial charge in [-0.15, -0.1) is 0 Å². The summed E-state index contributed by atoms with van der Waals surface area (Å²) in [6.07, 6.45) is 1.85. The molecule has 0 bridgehead atoms. The second-order valence-electron chi connectivity index (χ2n) is 8.74. The Morgan fingerprint density at radius 2 is 1.14 bits per heavy atom. The van der Waals surface area contributed by atoms with Crippen LogP contribution in [0.1, 0.15) is 30.5 Å². The highest BCUT2D eigenvalue weighted by Crippen LogP contribution is 2.28. The van der Waals surface area contributed by atoms with Gasteiger partial charge in [-0.3, -0.25) is 4.99 Å². The summed E-state index contributed by atoms with van der Waals surface area (Å²) in [6.45, 7) is 10.3. The molecule has 0 spiro atoms. The van der Waals surface area contributed by atoms with Gasteiger partial charge in [0, 0.05) is 25.0 Å². The van der Waals surface area contributed by atoms with Gasteiger partial charge in [0.25, 0.3) is 0 Å². The Balaban J connectivity index is 1.37. The van der Waals surface area contributed by atoms with Crippen LogP contribution >= 0.6 is 0 Å². The second-order valence-corrected chi connectivity index (χ2v) is 8.74. The molecular formula is C31H32N6. The van der Waals surface area contributed by atoms with Crippen LogP contribution in [0, 0.1) is 13.8 Å². The number of aryl methyl sites for hydroxylation is 2. The zero-order valence-corrected chi connectivity index (χ0v) is 21.8. The lowest BCUT2D eigenvalue weighted by atomic mass is 10.2. The van der Waals surface area contributed by atoms with Crippen LogP contribution in [0.4, 0.5) is 34.1 Å². The van der Waals surface area contributed by atoms with Crippen LogP contribution in [0.2, 0.25) is 0 Å². The number of nitrogens with zero attached hydrogens (tertiary/aromatic N) is 6. The third-order valence-corrected chi connectivity index (χ3v) is 6.00. The lowest BCUT2D eigenvalue weighted by molar-refractivity contribution is 0.866. The average Bonchev–Trinajstić information content (AvgIpc) is 2.93. The van der Waals surface area contributed by atoms with E-state index in [9.17, 15) is 0 Å². The fourth-order valence-corrected chi connectivity index (χ4v) is 3.77. The number of anilines is 1. The lowest BCUT2D eigenvalue weighted by Gasteiger charge is -2.20. The first kappa shape index (κ1) is 25.6. The summed E-state index contributed by atoms with van der Waals surface area (Å²) in [5.74, 6) is 0. The van der Waals surface area contributed by atoms with Gasteiger partial charge < -0.3 is 4.90 Å². The van der Waals surface area contributed by atoms with Gasteiger partial charge in [0.15, 0.2) is 0 Å². The summed E-state index contributed by atoms with van der Waals surface area (Å²) in [6, 6.07) is 29.9. The van der Waals surface area contributed by atoms with Crippen molar-refractivity contribution in [2.45, 2.75) is 27.7 Å². The van der Waals surface area contributed by atoms with Crippen molar-refractivity contribution < 1.29 is 0 Å². The van der Waals surface area contributed by atoms with Crippen LogP contribution in [0.15, 0.2) is 116 Å². The molecule has 0 unspecified atom stereocenters. The highest BCUT2D eigenvalue weighted by Gasteiger charge is 2.02. The van der Waals surface area contributed by atoms with Crippen molar-refractivity contribution in [2.75, 3.05) is 18.0 Å². The molecule has 6 heteroatoms. The van der Waals surface area contributed by atoms with Crippen LogP contribution in [0.5, 0.6) is 0 Å². The molecule has 0 N–H and O–H groups in total. The van der Waals surface area contributed by atoms with E-state index in [-0.39, 0.29) is 0 Å². The summed E-state index contributed by atoms with van der Waals surface area (Å²) in [7, 11) is 0. The second kappa shape index (κ2) is 12.5. The summed E-state index contributed by atoms with van der Waals surface area (Å²) in [5, 5.41) is 17.6. The van der Waals surface area contributed by atoms with Crippen LogP contribution in [-0.4, -0.2) is 19.3 Å². The summed E-state index contributed by atoms with van der Waals surface area (Å²) < 4.78 is 0. The Kier molecular flexibility index (Phi) is 8.66. The maximum atomic E-state index is 4.52. The van der Waals surface area contributed by atoms with Crippen LogP contribution < -0.4 is 4.90 Å². The fraction of sp³-hybridized carbons (Fsp3) is 0.194. The number of rotatable bonds is 9. The van der Waals surface area contributed by atoms with E-state index in [1.165, 1.54) is 11.3 Å². The molecule has 0 atom stereocenters. The van der Waals surface area contributed by atoms with E-state index in [1.807, 2.05) is 79.9 Å². The zero-order valence-electron chi connectivity index (χ0n) is 21.8.